The fourth-order valence-corrected chi connectivity index (χ4v) is 3.74. The van der Waals surface area contributed by atoms with Gasteiger partial charge in [-0.25, -0.2) is 0 Å². The summed E-state index contributed by atoms with van der Waals surface area (Å²) in [7, 11) is 1.66. The normalized spacial score (nSPS) is 14.3. The molecule has 1 atom stereocenters. The van der Waals surface area contributed by atoms with Gasteiger partial charge in [0, 0.05) is 18.7 Å². The first-order valence-corrected chi connectivity index (χ1v) is 11.1. The van der Waals surface area contributed by atoms with E-state index in [1.165, 1.54) is 12.8 Å². The van der Waals surface area contributed by atoms with Gasteiger partial charge in [-0.15, -0.1) is 0 Å². The van der Waals surface area contributed by atoms with Crippen LogP contribution in [0.15, 0.2) is 48.5 Å². The number of hydrogen-bond donors (Lipinski definition) is 3. The predicted octanol–water partition coefficient (Wildman–Crippen LogP) is 3.61. The molecule has 164 valence electrons. The van der Waals surface area contributed by atoms with Crippen LogP contribution in [-0.2, 0) is 0 Å². The fraction of sp³-hybridized carbons (Fsp3) is 0.400. The second-order valence-corrected chi connectivity index (χ2v) is 7.89. The van der Waals surface area contributed by atoms with Gasteiger partial charge in [0.2, 0.25) is 0 Å². The van der Waals surface area contributed by atoms with Crippen molar-refractivity contribution in [2.24, 2.45) is 0 Å². The molecule has 0 heterocycles. The summed E-state index contributed by atoms with van der Waals surface area (Å²) < 4.78 is 11.8. The van der Waals surface area contributed by atoms with E-state index in [2.05, 4.69) is 22.5 Å². The van der Waals surface area contributed by atoms with Crippen LogP contribution in [0, 0.1) is 11.8 Å². The van der Waals surface area contributed by atoms with E-state index in [0.717, 1.165) is 35.5 Å². The molecule has 0 saturated heterocycles. The lowest BCUT2D eigenvalue weighted by Gasteiger charge is -2.19. The largest absolute Gasteiger partial charge is 0.493 e. The maximum absolute atomic E-state index is 8.98. The highest BCUT2D eigenvalue weighted by Crippen LogP contribution is 2.34. The van der Waals surface area contributed by atoms with Crippen LogP contribution in [0.1, 0.15) is 42.7 Å². The van der Waals surface area contributed by atoms with Crippen LogP contribution in [0.4, 0.5) is 0 Å². The van der Waals surface area contributed by atoms with Crippen molar-refractivity contribution < 1.29 is 14.6 Å². The van der Waals surface area contributed by atoms with Crippen molar-refractivity contribution in [2.75, 3.05) is 26.8 Å². The molecule has 1 saturated carbocycles. The van der Waals surface area contributed by atoms with Crippen LogP contribution in [0.5, 0.6) is 11.5 Å². The van der Waals surface area contributed by atoms with Crippen molar-refractivity contribution in [3.05, 3.63) is 59.7 Å². The summed E-state index contributed by atoms with van der Waals surface area (Å²) in [5, 5.41) is 15.7. The molecule has 0 radical (unpaired) electrons. The zero-order valence-electron chi connectivity index (χ0n) is 17.9. The monoisotopic (exact) mass is 438 g/mol. The Kier molecular flexibility index (Phi) is 9.01. The number of benzene rings is 2. The number of methoxy groups -OCH3 is 1. The minimum Gasteiger partial charge on any atom is -0.493 e. The quantitative estimate of drug-likeness (QED) is 0.432. The Morgan fingerprint density at radius 1 is 1.13 bits per heavy atom. The summed E-state index contributed by atoms with van der Waals surface area (Å²) in [5.41, 5.74) is 2.00. The number of rotatable bonds is 8. The average molecular weight is 439 g/mol. The third-order valence-corrected chi connectivity index (χ3v) is 5.50. The Bertz CT molecular complexity index is 902. The van der Waals surface area contributed by atoms with E-state index in [1.54, 1.807) is 7.11 Å². The molecule has 0 amide bonds. The van der Waals surface area contributed by atoms with E-state index in [4.69, 9.17) is 26.8 Å². The maximum Gasteiger partial charge on any atom is 0.166 e. The molecular formula is C25H30N2O3S. The van der Waals surface area contributed by atoms with E-state index >= 15 is 0 Å². The lowest BCUT2D eigenvalue weighted by atomic mass is 9.98. The third-order valence-electron chi connectivity index (χ3n) is 5.21. The molecule has 2 aromatic rings. The molecule has 0 spiro atoms. The molecule has 5 nitrogen and oxygen atoms in total. The van der Waals surface area contributed by atoms with E-state index in [-0.39, 0.29) is 18.6 Å². The summed E-state index contributed by atoms with van der Waals surface area (Å²) in [4.78, 5) is 0. The molecule has 0 aliphatic heterocycles. The minimum atomic E-state index is -0.106. The Morgan fingerprint density at radius 3 is 2.61 bits per heavy atom. The van der Waals surface area contributed by atoms with Crippen molar-refractivity contribution in [1.29, 1.82) is 0 Å². The van der Waals surface area contributed by atoms with Crippen LogP contribution < -0.4 is 20.1 Å². The summed E-state index contributed by atoms with van der Waals surface area (Å²) in [6, 6.07) is 15.9. The fourth-order valence-electron chi connectivity index (χ4n) is 3.56. The first kappa shape index (κ1) is 22.9. The van der Waals surface area contributed by atoms with Gasteiger partial charge in [-0.3, -0.25) is 0 Å². The van der Waals surface area contributed by atoms with Gasteiger partial charge in [-0.1, -0.05) is 36.1 Å². The molecule has 6 heteroatoms. The van der Waals surface area contributed by atoms with Crippen LogP contribution >= 0.6 is 12.2 Å². The molecule has 1 aliphatic rings. The van der Waals surface area contributed by atoms with Gasteiger partial charge >= 0.3 is 0 Å². The number of ether oxygens (including phenoxy) is 2. The van der Waals surface area contributed by atoms with Crippen molar-refractivity contribution in [3.8, 4) is 23.3 Å². The van der Waals surface area contributed by atoms with E-state index in [9.17, 15) is 0 Å². The molecule has 31 heavy (non-hydrogen) atoms. The molecule has 1 unspecified atom stereocenters. The second kappa shape index (κ2) is 12.2. The Balaban J connectivity index is 1.82. The van der Waals surface area contributed by atoms with Crippen LogP contribution in [-0.4, -0.2) is 43.1 Å². The highest BCUT2D eigenvalue weighted by atomic mass is 32.1. The highest BCUT2D eigenvalue weighted by Gasteiger charge is 2.20. The molecule has 0 aromatic heterocycles. The van der Waals surface area contributed by atoms with Crippen molar-refractivity contribution in [3.63, 3.8) is 0 Å². The summed E-state index contributed by atoms with van der Waals surface area (Å²) >= 11 is 5.30. The first-order chi connectivity index (χ1) is 15.2. The summed E-state index contributed by atoms with van der Waals surface area (Å²) in [6.07, 6.45) is 4.82. The van der Waals surface area contributed by atoms with Gasteiger partial charge < -0.3 is 25.2 Å². The van der Waals surface area contributed by atoms with Crippen molar-refractivity contribution in [2.45, 2.75) is 37.7 Å². The predicted molar refractivity (Wildman–Crippen MR) is 128 cm³/mol. The highest BCUT2D eigenvalue weighted by molar-refractivity contribution is 7.80. The van der Waals surface area contributed by atoms with Crippen molar-refractivity contribution >= 4 is 17.3 Å². The number of nitrogens with one attached hydrogen (secondary N) is 2. The van der Waals surface area contributed by atoms with Crippen LogP contribution in [0.3, 0.4) is 0 Å². The lowest BCUT2D eigenvalue weighted by Crippen LogP contribution is -2.38. The molecule has 1 aliphatic carbocycles. The van der Waals surface area contributed by atoms with E-state index in [1.807, 2.05) is 48.5 Å². The Hall–Kier alpha value is -2.75. The van der Waals surface area contributed by atoms with Gasteiger partial charge in [0.1, 0.15) is 0 Å². The standard InChI is InChI=1S/C25H30N2O3S/c1-29-23-14-13-20(17-24(23)30-22-9-5-6-10-22)21(18-27-25(31)26-15-16-28)12-11-19-7-3-2-4-8-19/h2-4,7-8,13-14,17,21-22,28H,5-6,9-10,15-16,18H2,1H3,(H2,26,27,31). The van der Waals surface area contributed by atoms with Gasteiger partial charge in [0.15, 0.2) is 16.6 Å². The molecular weight excluding hydrogens is 408 g/mol. The molecule has 0 bridgehead atoms. The number of thiocarbonyl (C=S) groups is 1. The second-order valence-electron chi connectivity index (χ2n) is 7.48. The van der Waals surface area contributed by atoms with Crippen molar-refractivity contribution in [1.82, 2.24) is 10.6 Å². The average Bonchev–Trinajstić information content (AvgIpc) is 3.31. The first-order valence-electron chi connectivity index (χ1n) is 10.7. The number of aliphatic hydroxyl groups is 1. The minimum absolute atomic E-state index is 0.0272. The van der Waals surface area contributed by atoms with E-state index < -0.39 is 0 Å². The summed E-state index contributed by atoms with van der Waals surface area (Å²) in [6.45, 7) is 0.972. The molecule has 3 rings (SSSR count). The molecule has 2 aromatic carbocycles. The SMILES string of the molecule is COc1ccc(C(C#Cc2ccccc2)CNC(=S)NCCO)cc1OC1CCCC1. The number of aliphatic hydroxyl groups excluding tert-OH is 1. The number of hydrogen-bond acceptors (Lipinski definition) is 4. The van der Waals surface area contributed by atoms with E-state index in [0.29, 0.717) is 18.2 Å². The topological polar surface area (TPSA) is 62.8 Å². The van der Waals surface area contributed by atoms with Crippen LogP contribution in [0.2, 0.25) is 0 Å². The Morgan fingerprint density at radius 2 is 1.90 bits per heavy atom. The van der Waals surface area contributed by atoms with Gasteiger partial charge in [-0.2, -0.15) is 0 Å². The van der Waals surface area contributed by atoms with Gasteiger partial charge in [0.25, 0.3) is 0 Å². The van der Waals surface area contributed by atoms with Crippen LogP contribution in [0.25, 0.3) is 0 Å². The molecule has 3 N–H and O–H groups in total. The Labute approximate surface area is 190 Å². The third kappa shape index (κ3) is 7.16. The molecule has 1 fully saturated rings. The zero-order valence-corrected chi connectivity index (χ0v) is 18.7. The van der Waals surface area contributed by atoms with Gasteiger partial charge in [0.05, 0.1) is 25.7 Å². The smallest absolute Gasteiger partial charge is 0.166 e. The zero-order chi connectivity index (χ0) is 21.9. The summed E-state index contributed by atoms with van der Waals surface area (Å²) in [5.74, 6) is 8.03. The van der Waals surface area contributed by atoms with Gasteiger partial charge in [-0.05, 0) is 67.7 Å². The maximum atomic E-state index is 8.98. The lowest BCUT2D eigenvalue weighted by molar-refractivity contribution is 0.200.